The van der Waals surface area contributed by atoms with Gasteiger partial charge in [0.05, 0.1) is 25.3 Å². The molecule has 0 aromatic heterocycles. The number of benzene rings is 2. The number of allylic oxidation sites excluding steroid dienone is 1. The Labute approximate surface area is 207 Å². The molecule has 3 N–H and O–H groups in total. The second-order valence-corrected chi connectivity index (χ2v) is 9.44. The second kappa shape index (κ2) is 10.2. The van der Waals surface area contributed by atoms with Gasteiger partial charge in [-0.25, -0.2) is 0 Å². The van der Waals surface area contributed by atoms with Crippen LogP contribution in [0.4, 0.5) is 0 Å². The smallest absolute Gasteiger partial charge is 0.241 e. The normalized spacial score (nSPS) is 23.9. The molecule has 7 heteroatoms. The minimum atomic E-state index is -0.526. The molecule has 2 aromatic rings. The molecule has 7 nitrogen and oxygen atoms in total. The predicted molar refractivity (Wildman–Crippen MR) is 136 cm³/mol. The molecule has 0 saturated carbocycles. The van der Waals surface area contributed by atoms with Crippen LogP contribution in [-0.2, 0) is 29.2 Å². The van der Waals surface area contributed by atoms with Gasteiger partial charge < -0.3 is 25.4 Å². The molecule has 0 aliphatic carbocycles. The summed E-state index contributed by atoms with van der Waals surface area (Å²) in [7, 11) is 0. The Kier molecular flexibility index (Phi) is 6.90. The first kappa shape index (κ1) is 23.6. The average Bonchev–Trinajstić information content (AvgIpc) is 3.22. The Morgan fingerprint density at radius 1 is 1.17 bits per heavy atom. The van der Waals surface area contributed by atoms with Crippen LogP contribution >= 0.6 is 0 Å². The molecular weight excluding hydrogens is 440 g/mol. The maximum absolute atomic E-state index is 12.1. The van der Waals surface area contributed by atoms with Crippen molar-refractivity contribution in [3.63, 3.8) is 0 Å². The highest BCUT2D eigenvalue weighted by molar-refractivity contribution is 5.85. The van der Waals surface area contributed by atoms with Gasteiger partial charge in [-0.1, -0.05) is 49.1 Å². The van der Waals surface area contributed by atoms with Crippen molar-refractivity contribution in [2.75, 3.05) is 26.3 Å². The van der Waals surface area contributed by atoms with Gasteiger partial charge in [0, 0.05) is 48.7 Å². The van der Waals surface area contributed by atoms with Gasteiger partial charge in [0.25, 0.3) is 0 Å². The zero-order chi connectivity index (χ0) is 24.4. The van der Waals surface area contributed by atoms with Crippen LogP contribution in [0.15, 0.2) is 60.8 Å². The number of rotatable bonds is 6. The Morgan fingerprint density at radius 3 is 2.66 bits per heavy atom. The minimum Gasteiger partial charge on any atom is -0.489 e. The summed E-state index contributed by atoms with van der Waals surface area (Å²) in [6.45, 7) is 12.0. The van der Waals surface area contributed by atoms with E-state index < -0.39 is 6.04 Å². The lowest BCUT2D eigenvalue weighted by molar-refractivity contribution is -0.123. The molecule has 5 rings (SSSR count). The fraction of sp³-hybridized carbons (Fsp3) is 0.393. The van der Waals surface area contributed by atoms with Crippen LogP contribution < -0.4 is 15.8 Å². The van der Waals surface area contributed by atoms with E-state index in [0.717, 1.165) is 66.7 Å². The van der Waals surface area contributed by atoms with E-state index in [0.29, 0.717) is 19.6 Å². The van der Waals surface area contributed by atoms with Crippen LogP contribution in [0.3, 0.4) is 0 Å². The summed E-state index contributed by atoms with van der Waals surface area (Å²) in [6, 6.07) is 14.2. The number of morpholine rings is 1. The molecular formula is C28H34N4O3. The molecule has 2 saturated heterocycles. The van der Waals surface area contributed by atoms with E-state index >= 15 is 0 Å². The third kappa shape index (κ3) is 4.98. The van der Waals surface area contributed by atoms with Crippen molar-refractivity contribution in [2.45, 2.75) is 45.1 Å². The number of hydrogen-bond acceptors (Lipinski definition) is 6. The SMILES string of the molecule is C=C1c2cccc(OCc3ccc(CN4CCOCC4)cc3)c2CN1C1CC(N)C(=O)NC1=CC. The summed E-state index contributed by atoms with van der Waals surface area (Å²) < 4.78 is 11.7. The van der Waals surface area contributed by atoms with E-state index in [2.05, 4.69) is 52.0 Å². The van der Waals surface area contributed by atoms with Crippen LogP contribution in [0.25, 0.3) is 5.70 Å². The summed E-state index contributed by atoms with van der Waals surface area (Å²) in [4.78, 5) is 16.7. The van der Waals surface area contributed by atoms with Crippen molar-refractivity contribution < 1.29 is 14.3 Å². The number of ether oxygens (including phenoxy) is 2. The molecule has 184 valence electrons. The first-order valence-electron chi connectivity index (χ1n) is 12.3. The lowest BCUT2D eigenvalue weighted by Gasteiger charge is -2.37. The van der Waals surface area contributed by atoms with Gasteiger partial charge >= 0.3 is 0 Å². The summed E-state index contributed by atoms with van der Waals surface area (Å²) >= 11 is 0. The van der Waals surface area contributed by atoms with Crippen molar-refractivity contribution in [2.24, 2.45) is 5.73 Å². The monoisotopic (exact) mass is 474 g/mol. The van der Waals surface area contributed by atoms with Crippen LogP contribution in [-0.4, -0.2) is 54.1 Å². The molecule has 35 heavy (non-hydrogen) atoms. The Balaban J connectivity index is 1.25. The molecule has 2 fully saturated rings. The van der Waals surface area contributed by atoms with Crippen LogP contribution in [0.1, 0.15) is 35.6 Å². The first-order valence-corrected chi connectivity index (χ1v) is 12.3. The highest BCUT2D eigenvalue weighted by Crippen LogP contribution is 2.40. The molecule has 0 radical (unpaired) electrons. The number of nitrogens with one attached hydrogen (secondary N) is 1. The van der Waals surface area contributed by atoms with E-state index in [4.69, 9.17) is 15.2 Å². The van der Waals surface area contributed by atoms with Crippen LogP contribution in [0.2, 0.25) is 0 Å². The zero-order valence-electron chi connectivity index (χ0n) is 20.3. The van der Waals surface area contributed by atoms with Gasteiger partial charge in [0.1, 0.15) is 12.4 Å². The van der Waals surface area contributed by atoms with E-state index in [1.165, 1.54) is 5.56 Å². The van der Waals surface area contributed by atoms with E-state index in [9.17, 15) is 4.79 Å². The fourth-order valence-corrected chi connectivity index (χ4v) is 5.13. The Hall–Kier alpha value is -3.13. The topological polar surface area (TPSA) is 80.1 Å². The molecule has 0 bridgehead atoms. The molecule has 3 aliphatic heterocycles. The molecule has 2 atom stereocenters. The van der Waals surface area contributed by atoms with Gasteiger partial charge in [-0.05, 0) is 30.5 Å². The molecule has 3 heterocycles. The van der Waals surface area contributed by atoms with Crippen molar-refractivity contribution >= 4 is 11.6 Å². The number of piperidine rings is 1. The van der Waals surface area contributed by atoms with Gasteiger partial charge in [-0.3, -0.25) is 9.69 Å². The van der Waals surface area contributed by atoms with Crippen molar-refractivity contribution in [3.8, 4) is 5.75 Å². The predicted octanol–water partition coefficient (Wildman–Crippen LogP) is 3.00. The van der Waals surface area contributed by atoms with Crippen LogP contribution in [0.5, 0.6) is 5.75 Å². The highest BCUT2D eigenvalue weighted by atomic mass is 16.5. The largest absolute Gasteiger partial charge is 0.489 e. The molecule has 2 unspecified atom stereocenters. The summed E-state index contributed by atoms with van der Waals surface area (Å²) in [5.74, 6) is 0.742. The van der Waals surface area contributed by atoms with Crippen LogP contribution in [0, 0.1) is 0 Å². The number of nitrogens with zero attached hydrogens (tertiary/aromatic N) is 2. The minimum absolute atomic E-state index is 0.0144. The number of hydrogen-bond donors (Lipinski definition) is 2. The van der Waals surface area contributed by atoms with Crippen molar-refractivity contribution in [1.82, 2.24) is 15.1 Å². The number of carbonyl (C=O) groups is 1. The third-order valence-electron chi connectivity index (χ3n) is 7.17. The zero-order valence-corrected chi connectivity index (χ0v) is 20.3. The van der Waals surface area contributed by atoms with E-state index in [-0.39, 0.29) is 11.9 Å². The van der Waals surface area contributed by atoms with Crippen molar-refractivity contribution in [1.29, 1.82) is 0 Å². The summed E-state index contributed by atoms with van der Waals surface area (Å²) in [5.41, 5.74) is 12.6. The molecule has 0 spiro atoms. The fourth-order valence-electron chi connectivity index (χ4n) is 5.13. The average molecular weight is 475 g/mol. The maximum Gasteiger partial charge on any atom is 0.241 e. The third-order valence-corrected chi connectivity index (χ3v) is 7.17. The van der Waals surface area contributed by atoms with Gasteiger partial charge in [0.15, 0.2) is 0 Å². The quantitative estimate of drug-likeness (QED) is 0.670. The first-order chi connectivity index (χ1) is 17.0. The molecule has 2 aromatic carbocycles. The molecule has 3 aliphatic rings. The van der Waals surface area contributed by atoms with E-state index in [1.54, 1.807) is 0 Å². The number of fused-ring (bicyclic) bond motifs is 1. The maximum atomic E-state index is 12.1. The lowest BCUT2D eigenvalue weighted by Crippen LogP contribution is -2.53. The molecule has 1 amide bonds. The number of amides is 1. The highest BCUT2D eigenvalue weighted by Gasteiger charge is 2.37. The van der Waals surface area contributed by atoms with E-state index in [1.807, 2.05) is 25.1 Å². The number of carbonyl (C=O) groups excluding carboxylic acids is 1. The van der Waals surface area contributed by atoms with Gasteiger partial charge in [-0.15, -0.1) is 0 Å². The lowest BCUT2D eigenvalue weighted by atomic mass is 9.97. The van der Waals surface area contributed by atoms with Gasteiger partial charge in [-0.2, -0.15) is 0 Å². The van der Waals surface area contributed by atoms with Gasteiger partial charge in [0.2, 0.25) is 5.91 Å². The Bertz CT molecular complexity index is 1120. The second-order valence-electron chi connectivity index (χ2n) is 9.44. The summed E-state index contributed by atoms with van der Waals surface area (Å²) in [6.07, 6.45) is 2.51. The van der Waals surface area contributed by atoms with Crippen molar-refractivity contribution in [3.05, 3.63) is 83.1 Å². The Morgan fingerprint density at radius 2 is 1.91 bits per heavy atom. The number of nitrogens with two attached hydrogens (primary N) is 1. The summed E-state index contributed by atoms with van der Waals surface area (Å²) in [5, 5.41) is 2.96. The standard InChI is InChI=1S/C28H34N4O3/c1-3-25-26(15-24(29)28(33)30-25)32-17-23-22(19(32)2)5-4-6-27(23)35-18-21-9-7-20(8-10-21)16-31-11-13-34-14-12-31/h3-10,24,26H,2,11-18,29H2,1H3,(H,30,33).